The fourth-order valence-electron chi connectivity index (χ4n) is 2.20. The molecule has 0 amide bonds. The number of benzene rings is 1. The predicted molar refractivity (Wildman–Crippen MR) is 108 cm³/mol. The SMILES string of the molecule is CCNC(=NCCC(C)C)NCCNc1ccc(S(C)(=O)=O)cc1[N+](=O)[O-]. The van der Waals surface area contributed by atoms with E-state index >= 15 is 0 Å². The van der Waals surface area contributed by atoms with Gasteiger partial charge in [-0.2, -0.15) is 0 Å². The molecule has 0 heterocycles. The number of nitrogens with zero attached hydrogens (tertiary/aromatic N) is 2. The third kappa shape index (κ3) is 8.25. The lowest BCUT2D eigenvalue weighted by Crippen LogP contribution is -2.39. The average Bonchev–Trinajstić information content (AvgIpc) is 2.57. The van der Waals surface area contributed by atoms with Crippen molar-refractivity contribution >= 4 is 27.2 Å². The van der Waals surface area contributed by atoms with E-state index in [4.69, 9.17) is 0 Å². The summed E-state index contributed by atoms with van der Waals surface area (Å²) in [6.07, 6.45) is 2.01. The van der Waals surface area contributed by atoms with Gasteiger partial charge in [0.25, 0.3) is 5.69 Å². The maximum Gasteiger partial charge on any atom is 0.293 e. The molecule has 0 aliphatic carbocycles. The van der Waals surface area contributed by atoms with Gasteiger partial charge in [-0.25, -0.2) is 8.42 Å². The van der Waals surface area contributed by atoms with Gasteiger partial charge in [0.2, 0.25) is 0 Å². The van der Waals surface area contributed by atoms with Gasteiger partial charge in [0.1, 0.15) is 5.69 Å². The normalized spacial score (nSPS) is 12.1. The molecule has 1 aromatic carbocycles. The summed E-state index contributed by atoms with van der Waals surface area (Å²) in [7, 11) is -3.50. The van der Waals surface area contributed by atoms with E-state index in [-0.39, 0.29) is 16.3 Å². The topological polar surface area (TPSA) is 126 Å². The Balaban J connectivity index is 2.68. The van der Waals surface area contributed by atoms with Crippen LogP contribution in [0.2, 0.25) is 0 Å². The first-order valence-corrected chi connectivity index (χ1v) is 10.8. The van der Waals surface area contributed by atoms with Crippen molar-refractivity contribution < 1.29 is 13.3 Å². The second kappa shape index (κ2) is 10.7. The maximum atomic E-state index is 11.6. The van der Waals surface area contributed by atoms with E-state index < -0.39 is 14.8 Å². The van der Waals surface area contributed by atoms with E-state index in [0.29, 0.717) is 25.0 Å². The molecule has 0 saturated carbocycles. The Morgan fingerprint density at radius 2 is 1.96 bits per heavy atom. The number of guanidine groups is 1. The molecule has 0 aromatic heterocycles. The van der Waals surface area contributed by atoms with E-state index in [1.165, 1.54) is 12.1 Å². The second-order valence-corrected chi connectivity index (χ2v) is 8.52. The monoisotopic (exact) mass is 399 g/mol. The fraction of sp³-hybridized carbons (Fsp3) is 0.588. The molecule has 152 valence electrons. The maximum absolute atomic E-state index is 11.6. The summed E-state index contributed by atoms with van der Waals surface area (Å²) >= 11 is 0. The number of nitrogens with one attached hydrogen (secondary N) is 3. The summed E-state index contributed by atoms with van der Waals surface area (Å²) in [6.45, 7) is 8.62. The van der Waals surface area contributed by atoms with Gasteiger partial charge in [-0.1, -0.05) is 13.8 Å². The zero-order chi connectivity index (χ0) is 20.4. The van der Waals surface area contributed by atoms with Crippen molar-refractivity contribution in [3.05, 3.63) is 28.3 Å². The zero-order valence-electron chi connectivity index (χ0n) is 16.3. The molecule has 0 atom stereocenters. The molecule has 0 fully saturated rings. The molecule has 0 spiro atoms. The molecule has 1 aromatic rings. The summed E-state index contributed by atoms with van der Waals surface area (Å²) in [5.74, 6) is 1.27. The number of nitro groups is 1. The molecule has 0 saturated heterocycles. The first-order valence-electron chi connectivity index (χ1n) is 8.89. The Labute approximate surface area is 160 Å². The van der Waals surface area contributed by atoms with E-state index in [9.17, 15) is 18.5 Å². The Morgan fingerprint density at radius 1 is 1.26 bits per heavy atom. The molecule has 0 unspecified atom stereocenters. The van der Waals surface area contributed by atoms with Crippen LogP contribution in [0, 0.1) is 16.0 Å². The lowest BCUT2D eigenvalue weighted by Gasteiger charge is -2.13. The van der Waals surface area contributed by atoms with Gasteiger partial charge in [-0.15, -0.1) is 0 Å². The van der Waals surface area contributed by atoms with Gasteiger partial charge in [-0.05, 0) is 31.4 Å². The van der Waals surface area contributed by atoms with Gasteiger partial charge >= 0.3 is 0 Å². The molecule has 0 aliphatic heterocycles. The summed E-state index contributed by atoms with van der Waals surface area (Å²) in [4.78, 5) is 15.0. The highest BCUT2D eigenvalue weighted by molar-refractivity contribution is 7.90. The van der Waals surface area contributed by atoms with Crippen molar-refractivity contribution in [2.75, 3.05) is 37.8 Å². The number of aliphatic imine (C=N–C) groups is 1. The molecule has 1 rings (SSSR count). The lowest BCUT2D eigenvalue weighted by molar-refractivity contribution is -0.384. The van der Waals surface area contributed by atoms with Crippen molar-refractivity contribution in [1.29, 1.82) is 0 Å². The van der Waals surface area contributed by atoms with E-state index in [1.54, 1.807) is 0 Å². The second-order valence-electron chi connectivity index (χ2n) is 6.50. The number of anilines is 1. The van der Waals surface area contributed by atoms with Crippen LogP contribution in [0.5, 0.6) is 0 Å². The smallest absolute Gasteiger partial charge is 0.293 e. The zero-order valence-corrected chi connectivity index (χ0v) is 17.1. The summed E-state index contributed by atoms with van der Waals surface area (Å²) in [5, 5.41) is 20.5. The third-order valence-electron chi connectivity index (χ3n) is 3.65. The lowest BCUT2D eigenvalue weighted by atomic mass is 10.1. The Morgan fingerprint density at radius 3 is 2.52 bits per heavy atom. The quantitative estimate of drug-likeness (QED) is 0.181. The predicted octanol–water partition coefficient (Wildman–Crippen LogP) is 2.01. The molecule has 0 aliphatic rings. The number of nitro benzene ring substituents is 1. The Kier molecular flexibility index (Phi) is 8.99. The first kappa shape index (κ1) is 22.7. The molecule has 3 N–H and O–H groups in total. The molecule has 9 nitrogen and oxygen atoms in total. The number of hydrogen-bond acceptors (Lipinski definition) is 6. The Bertz CT molecular complexity index is 763. The van der Waals surface area contributed by atoms with Crippen LogP contribution in [0.3, 0.4) is 0 Å². The molecule has 0 bridgehead atoms. The van der Waals surface area contributed by atoms with Crippen LogP contribution in [-0.2, 0) is 9.84 Å². The van der Waals surface area contributed by atoms with Crippen LogP contribution in [0.25, 0.3) is 0 Å². The van der Waals surface area contributed by atoms with Crippen LogP contribution in [0.15, 0.2) is 28.1 Å². The first-order chi connectivity index (χ1) is 12.6. The Hall–Kier alpha value is -2.36. The average molecular weight is 400 g/mol. The van der Waals surface area contributed by atoms with Gasteiger partial charge in [0.15, 0.2) is 15.8 Å². The third-order valence-corrected chi connectivity index (χ3v) is 4.76. The summed E-state index contributed by atoms with van der Waals surface area (Å²) < 4.78 is 23.1. The van der Waals surface area contributed by atoms with Gasteiger partial charge in [0, 0.05) is 38.5 Å². The molecule has 27 heavy (non-hydrogen) atoms. The van der Waals surface area contributed by atoms with E-state index in [0.717, 1.165) is 31.8 Å². The molecular weight excluding hydrogens is 370 g/mol. The molecule has 10 heteroatoms. The van der Waals surface area contributed by atoms with Crippen molar-refractivity contribution in [2.24, 2.45) is 10.9 Å². The van der Waals surface area contributed by atoms with Gasteiger partial charge < -0.3 is 16.0 Å². The minimum Gasteiger partial charge on any atom is -0.378 e. The number of rotatable bonds is 10. The highest BCUT2D eigenvalue weighted by Crippen LogP contribution is 2.27. The van der Waals surface area contributed by atoms with Crippen LogP contribution in [-0.4, -0.2) is 51.7 Å². The largest absolute Gasteiger partial charge is 0.378 e. The highest BCUT2D eigenvalue weighted by atomic mass is 32.2. The van der Waals surface area contributed by atoms with Crippen molar-refractivity contribution in [1.82, 2.24) is 10.6 Å². The number of hydrogen-bond donors (Lipinski definition) is 3. The van der Waals surface area contributed by atoms with Crippen LogP contribution in [0.4, 0.5) is 11.4 Å². The number of sulfone groups is 1. The van der Waals surface area contributed by atoms with Crippen molar-refractivity contribution in [3.8, 4) is 0 Å². The fourth-order valence-corrected chi connectivity index (χ4v) is 2.84. The van der Waals surface area contributed by atoms with Gasteiger partial charge in [-0.3, -0.25) is 15.1 Å². The van der Waals surface area contributed by atoms with Crippen LogP contribution >= 0.6 is 0 Å². The van der Waals surface area contributed by atoms with Crippen molar-refractivity contribution in [3.63, 3.8) is 0 Å². The minimum atomic E-state index is -3.50. The summed E-state index contributed by atoms with van der Waals surface area (Å²) in [6, 6.07) is 3.84. The van der Waals surface area contributed by atoms with Crippen molar-refractivity contribution in [2.45, 2.75) is 32.1 Å². The van der Waals surface area contributed by atoms with Crippen LogP contribution in [0.1, 0.15) is 27.2 Å². The summed E-state index contributed by atoms with van der Waals surface area (Å²) in [5.41, 5.74) is 0.00591. The molecular formula is C17H29N5O4S. The minimum absolute atomic E-state index is 0.0791. The van der Waals surface area contributed by atoms with E-state index in [2.05, 4.69) is 34.8 Å². The van der Waals surface area contributed by atoms with Gasteiger partial charge in [0.05, 0.1) is 9.82 Å². The van der Waals surface area contributed by atoms with Crippen LogP contribution < -0.4 is 16.0 Å². The molecule has 0 radical (unpaired) electrons. The highest BCUT2D eigenvalue weighted by Gasteiger charge is 2.18. The van der Waals surface area contributed by atoms with E-state index in [1.807, 2.05) is 6.92 Å². The standard InChI is InChI=1S/C17H29N5O4S/c1-5-18-17(20-9-8-13(2)3)21-11-10-19-15-7-6-14(27(4,25)26)12-16(15)22(23)24/h6-7,12-13,19H,5,8-11H2,1-4H3,(H2,18,20,21).